The van der Waals surface area contributed by atoms with Crippen molar-refractivity contribution in [3.05, 3.63) is 29.3 Å². The molecule has 1 rings (SSSR count). The predicted molar refractivity (Wildman–Crippen MR) is 135 cm³/mol. The summed E-state index contributed by atoms with van der Waals surface area (Å²) in [4.78, 5) is 40.3. The predicted octanol–water partition coefficient (Wildman–Crippen LogP) is 3.72. The number of rotatable bonds is 8. The van der Waals surface area contributed by atoms with Crippen molar-refractivity contribution in [1.29, 1.82) is 0 Å². The van der Waals surface area contributed by atoms with Crippen molar-refractivity contribution in [1.82, 2.24) is 15.5 Å². The van der Waals surface area contributed by atoms with Crippen LogP contribution in [0.3, 0.4) is 0 Å². The van der Waals surface area contributed by atoms with Crippen molar-refractivity contribution >= 4 is 29.7 Å². The van der Waals surface area contributed by atoms with Crippen LogP contribution in [0.15, 0.2) is 18.2 Å². The van der Waals surface area contributed by atoms with Crippen molar-refractivity contribution < 1.29 is 24.2 Å². The van der Waals surface area contributed by atoms with Crippen LogP contribution in [0.4, 0.5) is 4.79 Å². The lowest BCUT2D eigenvalue weighted by molar-refractivity contribution is -0.139. The van der Waals surface area contributed by atoms with E-state index in [2.05, 4.69) is 16.7 Å². The van der Waals surface area contributed by atoms with Gasteiger partial charge in [0, 0.05) is 11.6 Å². The summed E-state index contributed by atoms with van der Waals surface area (Å²) >= 11 is 1.51. The minimum Gasteiger partial charge on any atom is -0.508 e. The van der Waals surface area contributed by atoms with Gasteiger partial charge in [-0.2, -0.15) is 11.8 Å². The standard InChI is InChI=1S/C25H37N3O5S/c1-10-28(22(31)18(13-14-34-9)26-23(32)33-25(6,7)8)20(21(30)27-24(3,4)5)17-11-12-19(29)16(2)15-17/h1,11-12,15,18,20,29H,13-14H2,2-9H3,(H,26,32)(H,27,30). The van der Waals surface area contributed by atoms with E-state index >= 15 is 0 Å². The minimum atomic E-state index is -1.17. The number of nitrogens with one attached hydrogen (secondary N) is 2. The van der Waals surface area contributed by atoms with E-state index in [0.717, 1.165) is 4.90 Å². The zero-order valence-corrected chi connectivity index (χ0v) is 22.1. The SMILES string of the molecule is C#CN(C(=O)C(CCSC)NC(=O)OC(C)(C)C)C(C(=O)NC(C)(C)C)c1ccc(O)c(C)c1. The molecule has 8 nitrogen and oxygen atoms in total. The number of aromatic hydroxyl groups is 1. The summed E-state index contributed by atoms with van der Waals surface area (Å²) in [6, 6.07) is 4.78. The lowest BCUT2D eigenvalue weighted by Crippen LogP contribution is -2.53. The zero-order valence-electron chi connectivity index (χ0n) is 21.3. The zero-order chi connectivity index (χ0) is 26.3. The summed E-state index contributed by atoms with van der Waals surface area (Å²) in [5, 5.41) is 15.4. The van der Waals surface area contributed by atoms with Crippen LogP contribution in [0.2, 0.25) is 0 Å². The Morgan fingerprint density at radius 1 is 1.21 bits per heavy atom. The highest BCUT2D eigenvalue weighted by molar-refractivity contribution is 7.98. The number of benzene rings is 1. The molecule has 188 valence electrons. The largest absolute Gasteiger partial charge is 0.508 e. The minimum absolute atomic E-state index is 0.0572. The number of ether oxygens (including phenoxy) is 1. The van der Waals surface area contributed by atoms with Crippen LogP contribution in [0.25, 0.3) is 0 Å². The molecule has 0 aromatic heterocycles. The third kappa shape index (κ3) is 9.18. The first-order chi connectivity index (χ1) is 15.6. The Labute approximate surface area is 207 Å². The van der Waals surface area contributed by atoms with Crippen LogP contribution in [0.5, 0.6) is 5.75 Å². The molecule has 3 N–H and O–H groups in total. The molecule has 0 spiro atoms. The maximum atomic E-state index is 13.6. The number of aryl methyl sites for hydroxylation is 1. The van der Waals surface area contributed by atoms with E-state index < -0.39 is 41.1 Å². The monoisotopic (exact) mass is 491 g/mol. The first kappa shape index (κ1) is 29.2. The fraction of sp³-hybridized carbons (Fsp3) is 0.560. The van der Waals surface area contributed by atoms with Gasteiger partial charge in [0.15, 0.2) is 0 Å². The van der Waals surface area contributed by atoms with Crippen molar-refractivity contribution in [3.63, 3.8) is 0 Å². The maximum absolute atomic E-state index is 13.6. The van der Waals surface area contributed by atoms with Crippen LogP contribution in [-0.2, 0) is 14.3 Å². The molecule has 0 aliphatic rings. The van der Waals surface area contributed by atoms with E-state index in [1.54, 1.807) is 39.8 Å². The number of phenols is 1. The van der Waals surface area contributed by atoms with E-state index in [1.165, 1.54) is 17.8 Å². The van der Waals surface area contributed by atoms with Gasteiger partial charge in [0.2, 0.25) is 5.91 Å². The Hall–Kier alpha value is -2.86. The van der Waals surface area contributed by atoms with Crippen molar-refractivity contribution in [2.24, 2.45) is 0 Å². The first-order valence-corrected chi connectivity index (χ1v) is 12.4. The number of hydrogen-bond donors (Lipinski definition) is 3. The molecule has 1 aromatic rings. The molecule has 0 fully saturated rings. The Morgan fingerprint density at radius 2 is 1.82 bits per heavy atom. The molecule has 34 heavy (non-hydrogen) atoms. The van der Waals surface area contributed by atoms with Gasteiger partial charge in [0.05, 0.1) is 0 Å². The molecule has 0 aliphatic heterocycles. The second-order valence-corrected chi connectivity index (χ2v) is 11.0. The van der Waals surface area contributed by atoms with Crippen molar-refractivity contribution in [3.8, 4) is 18.2 Å². The molecule has 2 unspecified atom stereocenters. The van der Waals surface area contributed by atoms with Crippen LogP contribution < -0.4 is 10.6 Å². The Balaban J connectivity index is 3.42. The highest BCUT2D eigenvalue weighted by atomic mass is 32.2. The summed E-state index contributed by atoms with van der Waals surface area (Å²) in [6.07, 6.45) is 7.18. The molecule has 0 aliphatic carbocycles. The van der Waals surface area contributed by atoms with Crippen molar-refractivity contribution in [2.45, 2.75) is 78.1 Å². The molecule has 9 heteroatoms. The normalized spacial score (nSPS) is 13.3. The number of terminal acetylenes is 1. The van der Waals surface area contributed by atoms with Gasteiger partial charge in [-0.1, -0.05) is 12.5 Å². The van der Waals surface area contributed by atoms with Crippen LogP contribution in [-0.4, -0.2) is 57.1 Å². The van der Waals surface area contributed by atoms with Gasteiger partial charge in [-0.25, -0.2) is 4.79 Å². The molecule has 1 aromatic carbocycles. The van der Waals surface area contributed by atoms with Gasteiger partial charge in [-0.15, -0.1) is 0 Å². The molecular weight excluding hydrogens is 454 g/mol. The second kappa shape index (κ2) is 12.0. The summed E-state index contributed by atoms with van der Waals surface area (Å²) in [6.45, 7) is 12.3. The van der Waals surface area contributed by atoms with E-state index in [1.807, 2.05) is 27.0 Å². The number of amides is 3. The summed E-state index contributed by atoms with van der Waals surface area (Å²) < 4.78 is 5.31. The molecule has 0 saturated carbocycles. The molecule has 2 atom stereocenters. The van der Waals surface area contributed by atoms with Crippen molar-refractivity contribution in [2.75, 3.05) is 12.0 Å². The molecular formula is C25H37N3O5S. The number of carbonyl (C=O) groups is 3. The van der Waals surface area contributed by atoms with Crippen LogP contribution in [0.1, 0.15) is 65.1 Å². The Kier molecular flexibility index (Phi) is 10.3. The highest BCUT2D eigenvalue weighted by Crippen LogP contribution is 2.27. The number of nitrogens with zero attached hydrogens (tertiary/aromatic N) is 1. The average molecular weight is 492 g/mol. The quantitative estimate of drug-likeness (QED) is 0.378. The first-order valence-electron chi connectivity index (χ1n) is 11.0. The molecule has 0 saturated heterocycles. The lowest BCUT2D eigenvalue weighted by Gasteiger charge is -2.32. The number of hydrogen-bond acceptors (Lipinski definition) is 6. The lowest BCUT2D eigenvalue weighted by atomic mass is 9.99. The summed E-state index contributed by atoms with van der Waals surface area (Å²) in [7, 11) is 0. The maximum Gasteiger partial charge on any atom is 0.408 e. The molecule has 0 radical (unpaired) electrons. The van der Waals surface area contributed by atoms with Gasteiger partial charge in [-0.3, -0.25) is 14.5 Å². The van der Waals surface area contributed by atoms with Gasteiger partial charge in [-0.05, 0) is 90.2 Å². The summed E-state index contributed by atoms with van der Waals surface area (Å²) in [5.41, 5.74) is -0.371. The Morgan fingerprint density at radius 3 is 2.29 bits per heavy atom. The summed E-state index contributed by atoms with van der Waals surface area (Å²) in [5.74, 6) is -0.462. The van der Waals surface area contributed by atoms with Gasteiger partial charge < -0.3 is 20.5 Å². The van der Waals surface area contributed by atoms with E-state index in [-0.39, 0.29) is 5.75 Å². The van der Waals surface area contributed by atoms with Gasteiger partial charge >= 0.3 is 6.09 Å². The van der Waals surface area contributed by atoms with Crippen LogP contribution >= 0.6 is 11.8 Å². The van der Waals surface area contributed by atoms with E-state index in [0.29, 0.717) is 23.3 Å². The highest BCUT2D eigenvalue weighted by Gasteiger charge is 2.37. The van der Waals surface area contributed by atoms with E-state index in [9.17, 15) is 19.5 Å². The Bertz CT molecular complexity index is 928. The number of carbonyl (C=O) groups excluding carboxylic acids is 3. The van der Waals surface area contributed by atoms with Gasteiger partial charge in [0.1, 0.15) is 23.4 Å². The number of alkyl carbamates (subject to hydrolysis) is 1. The fourth-order valence-corrected chi connectivity index (χ4v) is 3.55. The third-order valence-electron chi connectivity index (χ3n) is 4.52. The smallest absolute Gasteiger partial charge is 0.408 e. The fourth-order valence-electron chi connectivity index (χ4n) is 3.08. The van der Waals surface area contributed by atoms with E-state index in [4.69, 9.17) is 11.2 Å². The molecule has 0 heterocycles. The number of thioether (sulfide) groups is 1. The second-order valence-electron chi connectivity index (χ2n) is 10.0. The van der Waals surface area contributed by atoms with Crippen LogP contribution in [0, 0.1) is 19.4 Å². The topological polar surface area (TPSA) is 108 Å². The number of phenolic OH excluding ortho intramolecular Hbond substituents is 1. The third-order valence-corrected chi connectivity index (χ3v) is 5.16. The molecule has 3 amide bonds. The average Bonchev–Trinajstić information content (AvgIpc) is 2.68. The molecule has 0 bridgehead atoms. The van der Waals surface area contributed by atoms with Gasteiger partial charge in [0.25, 0.3) is 5.91 Å².